The first kappa shape index (κ1) is 19.6. The molecule has 0 spiro atoms. The van der Waals surface area contributed by atoms with Crippen LogP contribution in [0, 0.1) is 5.82 Å². The summed E-state index contributed by atoms with van der Waals surface area (Å²) in [7, 11) is 0. The Balaban J connectivity index is 1.39. The summed E-state index contributed by atoms with van der Waals surface area (Å²) in [5, 5.41) is 1.23. The Morgan fingerprint density at radius 2 is 2.03 bits per heavy atom. The zero-order valence-corrected chi connectivity index (χ0v) is 18.1. The van der Waals surface area contributed by atoms with Gasteiger partial charge in [0.1, 0.15) is 23.4 Å². The molecule has 2 aromatic heterocycles. The Morgan fingerprint density at radius 3 is 2.81 bits per heavy atom. The first-order valence-corrected chi connectivity index (χ1v) is 11.2. The minimum absolute atomic E-state index is 0.0463. The lowest BCUT2D eigenvalue weighted by Crippen LogP contribution is -2.63. The Bertz CT molecular complexity index is 1280. The molecule has 8 heteroatoms. The number of anilines is 1. The van der Waals surface area contributed by atoms with Gasteiger partial charge in [-0.25, -0.2) is 14.4 Å². The van der Waals surface area contributed by atoms with E-state index in [4.69, 9.17) is 11.6 Å². The summed E-state index contributed by atoms with van der Waals surface area (Å²) in [5.41, 5.74) is 2.23. The Morgan fingerprint density at radius 1 is 1.19 bits per heavy atom. The van der Waals surface area contributed by atoms with Crippen LogP contribution in [0.25, 0.3) is 22.2 Å². The van der Waals surface area contributed by atoms with Crippen molar-refractivity contribution in [3.05, 3.63) is 59.8 Å². The van der Waals surface area contributed by atoms with Gasteiger partial charge in [-0.2, -0.15) is 0 Å². The fourth-order valence-corrected chi connectivity index (χ4v) is 5.51. The molecule has 3 aromatic rings. The van der Waals surface area contributed by atoms with Gasteiger partial charge in [0.15, 0.2) is 5.82 Å². The predicted octanol–water partition coefficient (Wildman–Crippen LogP) is 4.34. The molecule has 6 rings (SSSR count). The average molecular weight is 450 g/mol. The summed E-state index contributed by atoms with van der Waals surface area (Å²) in [4.78, 5) is 29.3. The highest BCUT2D eigenvalue weighted by Crippen LogP contribution is 2.48. The zero-order chi connectivity index (χ0) is 22.0. The monoisotopic (exact) mass is 449 g/mol. The number of hydrogen-bond acceptors (Lipinski definition) is 5. The van der Waals surface area contributed by atoms with E-state index >= 15 is 4.39 Å². The van der Waals surface area contributed by atoms with Gasteiger partial charge < -0.3 is 9.80 Å². The third kappa shape index (κ3) is 2.84. The normalized spacial score (nSPS) is 22.1. The number of amides is 1. The van der Waals surface area contributed by atoms with Crippen LogP contribution < -0.4 is 4.90 Å². The van der Waals surface area contributed by atoms with Crippen LogP contribution in [0.1, 0.15) is 30.7 Å². The van der Waals surface area contributed by atoms with Gasteiger partial charge in [-0.05, 0) is 42.9 Å². The quantitative estimate of drug-likeness (QED) is 0.554. The molecule has 0 bridgehead atoms. The van der Waals surface area contributed by atoms with E-state index in [9.17, 15) is 4.79 Å². The summed E-state index contributed by atoms with van der Waals surface area (Å²) in [5.74, 6) is 0.520. The fraction of sp³-hybridized carbons (Fsp3) is 0.333. The summed E-state index contributed by atoms with van der Waals surface area (Å²) in [6.07, 6.45) is 7.38. The highest BCUT2D eigenvalue weighted by Gasteiger charge is 2.49. The van der Waals surface area contributed by atoms with Crippen molar-refractivity contribution in [3.63, 3.8) is 0 Å². The molecule has 2 aliphatic heterocycles. The summed E-state index contributed by atoms with van der Waals surface area (Å²) in [6.45, 7) is 4.93. The number of fused-ring (bicyclic) bond motifs is 2. The van der Waals surface area contributed by atoms with Crippen LogP contribution in [-0.2, 0) is 4.79 Å². The molecule has 4 heterocycles. The van der Waals surface area contributed by atoms with Crippen LogP contribution in [0.5, 0.6) is 0 Å². The molecule has 6 nitrogen and oxygen atoms in total. The maximum atomic E-state index is 15.7. The van der Waals surface area contributed by atoms with Crippen molar-refractivity contribution in [1.82, 2.24) is 19.9 Å². The Labute approximate surface area is 189 Å². The van der Waals surface area contributed by atoms with Gasteiger partial charge in [0, 0.05) is 29.9 Å². The van der Waals surface area contributed by atoms with Gasteiger partial charge in [0.25, 0.3) is 0 Å². The highest BCUT2D eigenvalue weighted by molar-refractivity contribution is 6.31. The van der Waals surface area contributed by atoms with E-state index in [0.29, 0.717) is 35.2 Å². The number of halogens is 2. The first-order valence-electron chi connectivity index (χ1n) is 10.9. The van der Waals surface area contributed by atoms with E-state index in [0.717, 1.165) is 30.4 Å². The molecule has 0 unspecified atom stereocenters. The van der Waals surface area contributed by atoms with Crippen LogP contribution in [-0.4, -0.2) is 50.9 Å². The summed E-state index contributed by atoms with van der Waals surface area (Å²) >= 11 is 6.46. The van der Waals surface area contributed by atoms with E-state index in [-0.39, 0.29) is 29.2 Å². The topological polar surface area (TPSA) is 62.2 Å². The molecule has 3 aliphatic rings. The minimum Gasteiger partial charge on any atom is -0.349 e. The highest BCUT2D eigenvalue weighted by atomic mass is 35.5. The third-order valence-corrected chi connectivity index (χ3v) is 7.25. The van der Waals surface area contributed by atoms with Crippen molar-refractivity contribution in [2.75, 3.05) is 18.0 Å². The van der Waals surface area contributed by atoms with Crippen molar-refractivity contribution in [2.45, 2.75) is 37.3 Å². The fourth-order valence-electron chi connectivity index (χ4n) is 5.18. The molecule has 2 saturated heterocycles. The maximum Gasteiger partial charge on any atom is 0.246 e. The van der Waals surface area contributed by atoms with Crippen molar-refractivity contribution < 1.29 is 9.18 Å². The van der Waals surface area contributed by atoms with Crippen LogP contribution in [0.3, 0.4) is 0 Å². The zero-order valence-electron chi connectivity index (χ0n) is 17.3. The number of rotatable bonds is 4. The molecule has 1 amide bonds. The lowest BCUT2D eigenvalue weighted by molar-refractivity contribution is -0.127. The van der Waals surface area contributed by atoms with Crippen LogP contribution in [0.2, 0.25) is 5.02 Å². The van der Waals surface area contributed by atoms with Crippen LogP contribution in [0.15, 0.2) is 43.4 Å². The molecule has 1 aliphatic carbocycles. The van der Waals surface area contributed by atoms with E-state index in [1.807, 2.05) is 23.1 Å². The summed E-state index contributed by atoms with van der Waals surface area (Å²) < 4.78 is 15.7. The van der Waals surface area contributed by atoms with Gasteiger partial charge >= 0.3 is 0 Å². The second-order valence-electron chi connectivity index (χ2n) is 8.67. The van der Waals surface area contributed by atoms with Crippen LogP contribution >= 0.6 is 11.6 Å². The predicted molar refractivity (Wildman–Crippen MR) is 121 cm³/mol. The molecule has 162 valence electrons. The van der Waals surface area contributed by atoms with Gasteiger partial charge in [0.05, 0.1) is 17.5 Å². The molecule has 3 fully saturated rings. The SMILES string of the molecule is C=CC(=O)N1CC[C@@H]2[C@H]1CN2c1ncnc2c(F)c(-c3cccc(Cl)c3C3CC3)ncc12. The lowest BCUT2D eigenvalue weighted by Gasteiger charge is -2.47. The third-order valence-electron chi connectivity index (χ3n) is 6.92. The first-order chi connectivity index (χ1) is 15.6. The number of pyridine rings is 1. The molecular formula is C24H21ClFN5O. The van der Waals surface area contributed by atoms with Crippen molar-refractivity contribution in [2.24, 2.45) is 0 Å². The molecule has 1 aromatic carbocycles. The van der Waals surface area contributed by atoms with Gasteiger partial charge in [0.2, 0.25) is 5.91 Å². The molecule has 1 saturated carbocycles. The molecule has 0 radical (unpaired) electrons. The number of nitrogens with zero attached hydrogens (tertiary/aromatic N) is 5. The van der Waals surface area contributed by atoms with Crippen molar-refractivity contribution in [1.29, 1.82) is 0 Å². The second kappa shape index (κ2) is 7.24. The smallest absolute Gasteiger partial charge is 0.246 e. The second-order valence-corrected chi connectivity index (χ2v) is 9.07. The number of carbonyl (C=O) groups excluding carboxylic acids is 1. The lowest BCUT2D eigenvalue weighted by atomic mass is 9.96. The average Bonchev–Trinajstić information content (AvgIpc) is 3.57. The number of likely N-dealkylation sites (tertiary alicyclic amines) is 1. The Kier molecular flexibility index (Phi) is 4.43. The Hall–Kier alpha value is -3.06. The number of benzene rings is 1. The summed E-state index contributed by atoms with van der Waals surface area (Å²) in [6, 6.07) is 5.85. The minimum atomic E-state index is -0.456. The molecule has 2 atom stereocenters. The number of aromatic nitrogens is 3. The largest absolute Gasteiger partial charge is 0.349 e. The van der Waals surface area contributed by atoms with Gasteiger partial charge in [-0.15, -0.1) is 0 Å². The van der Waals surface area contributed by atoms with Crippen LogP contribution in [0.4, 0.5) is 10.2 Å². The van der Waals surface area contributed by atoms with E-state index in [1.165, 1.54) is 12.4 Å². The number of hydrogen-bond donors (Lipinski definition) is 0. The number of carbonyl (C=O) groups is 1. The van der Waals surface area contributed by atoms with E-state index < -0.39 is 5.82 Å². The maximum absolute atomic E-state index is 15.7. The van der Waals surface area contributed by atoms with Gasteiger partial charge in [-0.1, -0.05) is 30.3 Å². The van der Waals surface area contributed by atoms with Gasteiger partial charge in [-0.3, -0.25) is 9.78 Å². The molecular weight excluding hydrogens is 429 g/mol. The standard InChI is InChI=1S/C24H21ClFN5O/c1-2-19(32)30-9-8-17-18(30)11-31(17)24-15-10-27-22(21(26)23(15)28-12-29-24)14-4-3-5-16(25)20(14)13-6-7-13/h2-5,10,12-13,17-18H,1,6-9,11H2/t17-,18-/m1/s1. The van der Waals surface area contributed by atoms with Crippen molar-refractivity contribution in [3.8, 4) is 11.3 Å². The molecule has 32 heavy (non-hydrogen) atoms. The van der Waals surface area contributed by atoms with Crippen molar-refractivity contribution >= 4 is 34.2 Å². The van der Waals surface area contributed by atoms with E-state index in [2.05, 4.69) is 26.4 Å². The van der Waals surface area contributed by atoms with E-state index in [1.54, 1.807) is 6.20 Å². The molecule has 0 N–H and O–H groups in total.